The predicted molar refractivity (Wildman–Crippen MR) is 76.8 cm³/mol. The monoisotopic (exact) mass is 278 g/mol. The van der Waals surface area contributed by atoms with Crippen molar-refractivity contribution in [2.75, 3.05) is 0 Å². The second-order valence-corrected chi connectivity index (χ2v) is 5.03. The van der Waals surface area contributed by atoms with Gasteiger partial charge >= 0.3 is 11.9 Å². The third kappa shape index (κ3) is 5.03. The fraction of sp³-hybridized carbons (Fsp3) is 0.500. The van der Waals surface area contributed by atoms with E-state index in [2.05, 4.69) is 13.8 Å². The Bertz CT molecular complexity index is 477. The Balaban J connectivity index is 3.02. The summed E-state index contributed by atoms with van der Waals surface area (Å²) in [5.41, 5.74) is 1.05. The summed E-state index contributed by atoms with van der Waals surface area (Å²) in [5, 5.41) is 0. The molecule has 0 bridgehead atoms. The maximum absolute atomic E-state index is 11.5. The first-order valence-electron chi connectivity index (χ1n) is 7.00. The van der Waals surface area contributed by atoms with Gasteiger partial charge in [-0.3, -0.25) is 9.59 Å². The molecule has 4 nitrogen and oxygen atoms in total. The molecule has 0 spiro atoms. The lowest BCUT2D eigenvalue weighted by molar-refractivity contribution is -0.136. The number of esters is 2. The summed E-state index contributed by atoms with van der Waals surface area (Å²) < 4.78 is 10.4. The third-order valence-electron chi connectivity index (χ3n) is 2.68. The van der Waals surface area contributed by atoms with Gasteiger partial charge in [-0.2, -0.15) is 0 Å². The van der Waals surface area contributed by atoms with E-state index in [1.165, 1.54) is 0 Å². The zero-order valence-electron chi connectivity index (χ0n) is 12.6. The molecule has 110 valence electrons. The van der Waals surface area contributed by atoms with Crippen LogP contribution in [0.1, 0.15) is 46.1 Å². The van der Waals surface area contributed by atoms with Gasteiger partial charge in [0.25, 0.3) is 0 Å². The highest BCUT2D eigenvalue weighted by Crippen LogP contribution is 2.30. The molecule has 0 aliphatic carbocycles. The summed E-state index contributed by atoms with van der Waals surface area (Å²) >= 11 is 0. The van der Waals surface area contributed by atoms with Crippen LogP contribution in [0.3, 0.4) is 0 Å². The lowest BCUT2D eigenvalue weighted by Crippen LogP contribution is -2.11. The molecule has 20 heavy (non-hydrogen) atoms. The Labute approximate surface area is 120 Å². The number of benzene rings is 1. The van der Waals surface area contributed by atoms with Gasteiger partial charge in [0.15, 0.2) is 11.5 Å². The number of hydrogen-bond acceptors (Lipinski definition) is 4. The first kappa shape index (κ1) is 16.2. The van der Waals surface area contributed by atoms with Crippen molar-refractivity contribution in [1.82, 2.24) is 0 Å². The normalized spacial score (nSPS) is 10.4. The Morgan fingerprint density at radius 1 is 1.00 bits per heavy atom. The van der Waals surface area contributed by atoms with Gasteiger partial charge in [0.1, 0.15) is 0 Å². The first-order chi connectivity index (χ1) is 9.46. The predicted octanol–water partition coefficient (Wildman–Crippen LogP) is 3.52. The van der Waals surface area contributed by atoms with Crippen LogP contribution in [-0.2, 0) is 16.0 Å². The molecule has 0 saturated heterocycles. The summed E-state index contributed by atoms with van der Waals surface area (Å²) in [6.07, 6.45) is 1.42. The topological polar surface area (TPSA) is 52.6 Å². The summed E-state index contributed by atoms with van der Waals surface area (Å²) in [4.78, 5) is 22.8. The van der Waals surface area contributed by atoms with E-state index in [0.29, 0.717) is 17.4 Å². The van der Waals surface area contributed by atoms with Crippen molar-refractivity contribution < 1.29 is 19.1 Å². The lowest BCUT2D eigenvalue weighted by atomic mass is 10.0. The van der Waals surface area contributed by atoms with E-state index in [1.54, 1.807) is 26.0 Å². The number of carbonyl (C=O) groups is 2. The largest absolute Gasteiger partial charge is 0.423 e. The standard InChI is InChI=1S/C16H22O4/c1-5-15(17)19-13-8-7-12(9-11(3)4)10-14(13)20-16(18)6-2/h7-8,10-11H,5-6,9H2,1-4H3. The highest BCUT2D eigenvalue weighted by molar-refractivity contribution is 5.76. The van der Waals surface area contributed by atoms with Gasteiger partial charge in [0.2, 0.25) is 0 Å². The van der Waals surface area contributed by atoms with Crippen LogP contribution >= 0.6 is 0 Å². The second kappa shape index (κ2) is 7.68. The van der Waals surface area contributed by atoms with E-state index in [9.17, 15) is 9.59 Å². The van der Waals surface area contributed by atoms with E-state index < -0.39 is 0 Å². The molecule has 1 rings (SSSR count). The Hall–Kier alpha value is -1.84. The minimum atomic E-state index is -0.351. The molecule has 0 N–H and O–H groups in total. The molecule has 0 aliphatic rings. The highest BCUT2D eigenvalue weighted by Gasteiger charge is 2.13. The fourth-order valence-electron chi connectivity index (χ4n) is 1.70. The third-order valence-corrected chi connectivity index (χ3v) is 2.68. The zero-order chi connectivity index (χ0) is 15.1. The van der Waals surface area contributed by atoms with Crippen molar-refractivity contribution in [3.05, 3.63) is 23.8 Å². The number of hydrogen-bond donors (Lipinski definition) is 0. The van der Waals surface area contributed by atoms with Crippen LogP contribution in [0.5, 0.6) is 11.5 Å². The van der Waals surface area contributed by atoms with Crippen LogP contribution < -0.4 is 9.47 Å². The quantitative estimate of drug-likeness (QED) is 0.590. The second-order valence-electron chi connectivity index (χ2n) is 5.03. The van der Waals surface area contributed by atoms with Crippen LogP contribution in [0.15, 0.2) is 18.2 Å². The summed E-state index contributed by atoms with van der Waals surface area (Å²) in [5.74, 6) is 0.410. The van der Waals surface area contributed by atoms with Crippen LogP contribution in [0.4, 0.5) is 0 Å². The Kier molecular flexibility index (Phi) is 6.22. The maximum atomic E-state index is 11.5. The van der Waals surface area contributed by atoms with E-state index in [4.69, 9.17) is 9.47 Å². The van der Waals surface area contributed by atoms with E-state index >= 15 is 0 Å². The Morgan fingerprint density at radius 3 is 2.05 bits per heavy atom. The summed E-state index contributed by atoms with van der Waals surface area (Å²) in [6.45, 7) is 7.66. The van der Waals surface area contributed by atoms with E-state index in [-0.39, 0.29) is 24.8 Å². The van der Waals surface area contributed by atoms with Crippen LogP contribution in [-0.4, -0.2) is 11.9 Å². The SMILES string of the molecule is CCC(=O)Oc1ccc(CC(C)C)cc1OC(=O)CC. The fourth-order valence-corrected chi connectivity index (χ4v) is 1.70. The molecule has 1 aromatic carbocycles. The van der Waals surface area contributed by atoms with Gasteiger partial charge < -0.3 is 9.47 Å². The molecule has 0 unspecified atom stereocenters. The van der Waals surface area contributed by atoms with Gasteiger partial charge in [0, 0.05) is 12.8 Å². The van der Waals surface area contributed by atoms with Gasteiger partial charge in [-0.25, -0.2) is 0 Å². The molecule has 0 aromatic heterocycles. The molecule has 0 heterocycles. The summed E-state index contributed by atoms with van der Waals surface area (Å²) in [6, 6.07) is 5.34. The smallest absolute Gasteiger partial charge is 0.311 e. The van der Waals surface area contributed by atoms with E-state index in [1.807, 2.05) is 6.07 Å². The average Bonchev–Trinajstić information content (AvgIpc) is 2.40. The van der Waals surface area contributed by atoms with Crippen molar-refractivity contribution >= 4 is 11.9 Å². The van der Waals surface area contributed by atoms with Crippen molar-refractivity contribution in [2.24, 2.45) is 5.92 Å². The molecular weight excluding hydrogens is 256 g/mol. The number of ether oxygens (including phenoxy) is 2. The summed E-state index contributed by atoms with van der Waals surface area (Å²) in [7, 11) is 0. The molecule has 0 radical (unpaired) electrons. The molecule has 4 heteroatoms. The van der Waals surface area contributed by atoms with E-state index in [0.717, 1.165) is 12.0 Å². The number of carbonyl (C=O) groups excluding carboxylic acids is 2. The van der Waals surface area contributed by atoms with Gasteiger partial charge in [-0.15, -0.1) is 0 Å². The van der Waals surface area contributed by atoms with Gasteiger partial charge in [0.05, 0.1) is 0 Å². The highest BCUT2D eigenvalue weighted by atomic mass is 16.6. The molecule has 0 amide bonds. The molecular formula is C16H22O4. The zero-order valence-corrected chi connectivity index (χ0v) is 12.6. The lowest BCUT2D eigenvalue weighted by Gasteiger charge is -2.12. The van der Waals surface area contributed by atoms with Crippen molar-refractivity contribution in [3.8, 4) is 11.5 Å². The van der Waals surface area contributed by atoms with Crippen LogP contribution in [0.2, 0.25) is 0 Å². The molecule has 0 atom stereocenters. The van der Waals surface area contributed by atoms with Crippen LogP contribution in [0, 0.1) is 5.92 Å². The first-order valence-corrected chi connectivity index (χ1v) is 7.00. The average molecular weight is 278 g/mol. The molecule has 0 fully saturated rings. The van der Waals surface area contributed by atoms with Crippen LogP contribution in [0.25, 0.3) is 0 Å². The maximum Gasteiger partial charge on any atom is 0.311 e. The minimum absolute atomic E-state index is 0.273. The van der Waals surface area contributed by atoms with Gasteiger partial charge in [-0.1, -0.05) is 33.8 Å². The molecule has 1 aromatic rings. The number of rotatable bonds is 6. The minimum Gasteiger partial charge on any atom is -0.423 e. The molecule has 0 saturated carbocycles. The van der Waals surface area contributed by atoms with Crippen molar-refractivity contribution in [1.29, 1.82) is 0 Å². The molecule has 0 aliphatic heterocycles. The van der Waals surface area contributed by atoms with Gasteiger partial charge in [-0.05, 0) is 30.0 Å². The Morgan fingerprint density at radius 2 is 1.55 bits per heavy atom. The van der Waals surface area contributed by atoms with Crippen molar-refractivity contribution in [2.45, 2.75) is 47.0 Å². The van der Waals surface area contributed by atoms with Crippen molar-refractivity contribution in [3.63, 3.8) is 0 Å².